The molecule has 0 bridgehead atoms. The van der Waals surface area contributed by atoms with E-state index in [0.717, 1.165) is 11.3 Å². The second kappa shape index (κ2) is 5.25. The number of rotatable bonds is 4. The molecule has 1 aromatic carbocycles. The highest BCUT2D eigenvalue weighted by Crippen LogP contribution is 2.20. The number of hydrogen-bond donors (Lipinski definition) is 1. The molecule has 0 amide bonds. The van der Waals surface area contributed by atoms with E-state index in [4.69, 9.17) is 10.00 Å². The van der Waals surface area contributed by atoms with Gasteiger partial charge in [0, 0.05) is 6.04 Å². The lowest BCUT2D eigenvalue weighted by Crippen LogP contribution is -2.15. The first-order valence-corrected chi connectivity index (χ1v) is 4.50. The zero-order chi connectivity index (χ0) is 10.4. The Kier molecular flexibility index (Phi) is 3.96. The first-order chi connectivity index (χ1) is 6.81. The minimum atomic E-state index is 0.0788. The van der Waals surface area contributed by atoms with E-state index >= 15 is 0 Å². The Morgan fingerprint density at radius 3 is 2.93 bits per heavy atom. The summed E-state index contributed by atoms with van der Waals surface area (Å²) in [6, 6.07) is 9.98. The van der Waals surface area contributed by atoms with Crippen LogP contribution in [0.3, 0.4) is 0 Å². The third kappa shape index (κ3) is 2.48. The Hall–Kier alpha value is -1.53. The molecule has 0 saturated carbocycles. The molecule has 0 spiro atoms. The molecule has 1 atom stereocenters. The van der Waals surface area contributed by atoms with Crippen molar-refractivity contribution in [1.29, 1.82) is 5.26 Å². The fourth-order valence-corrected chi connectivity index (χ4v) is 1.34. The van der Waals surface area contributed by atoms with E-state index in [0.29, 0.717) is 6.42 Å². The van der Waals surface area contributed by atoms with Gasteiger partial charge in [-0.1, -0.05) is 12.1 Å². The lowest BCUT2D eigenvalue weighted by atomic mass is 10.0. The van der Waals surface area contributed by atoms with Crippen molar-refractivity contribution in [3.63, 3.8) is 0 Å². The molecule has 0 aliphatic heterocycles. The van der Waals surface area contributed by atoms with Crippen molar-refractivity contribution in [1.82, 2.24) is 5.32 Å². The van der Waals surface area contributed by atoms with Gasteiger partial charge >= 0.3 is 0 Å². The zero-order valence-corrected chi connectivity index (χ0v) is 8.45. The number of methoxy groups -OCH3 is 1. The Labute approximate surface area is 84.3 Å². The molecule has 1 N–H and O–H groups in total. The van der Waals surface area contributed by atoms with Crippen molar-refractivity contribution in [2.45, 2.75) is 12.5 Å². The second-order valence-corrected chi connectivity index (χ2v) is 2.98. The van der Waals surface area contributed by atoms with E-state index in [2.05, 4.69) is 11.4 Å². The van der Waals surface area contributed by atoms with Crippen LogP contribution in [0.15, 0.2) is 24.3 Å². The smallest absolute Gasteiger partial charge is 0.119 e. The molecule has 0 aromatic heterocycles. The maximum atomic E-state index is 8.63. The quantitative estimate of drug-likeness (QED) is 0.788. The van der Waals surface area contributed by atoms with Crippen molar-refractivity contribution in [3.05, 3.63) is 29.8 Å². The van der Waals surface area contributed by atoms with Gasteiger partial charge in [-0.3, -0.25) is 0 Å². The van der Waals surface area contributed by atoms with E-state index in [1.807, 2.05) is 31.3 Å². The Balaban J connectivity index is 2.87. The highest BCUT2D eigenvalue weighted by atomic mass is 16.5. The number of benzene rings is 1. The van der Waals surface area contributed by atoms with Gasteiger partial charge in [0.1, 0.15) is 5.75 Å². The summed E-state index contributed by atoms with van der Waals surface area (Å²) in [6.45, 7) is 0. The molecular formula is C11H14N2O. The maximum absolute atomic E-state index is 8.63. The summed E-state index contributed by atoms with van der Waals surface area (Å²) < 4.78 is 5.12. The molecule has 14 heavy (non-hydrogen) atoms. The van der Waals surface area contributed by atoms with E-state index in [1.54, 1.807) is 7.11 Å². The van der Waals surface area contributed by atoms with Gasteiger partial charge in [-0.05, 0) is 24.7 Å². The molecule has 0 heterocycles. The lowest BCUT2D eigenvalue weighted by molar-refractivity contribution is 0.413. The standard InChI is InChI=1S/C11H14N2O/c1-13-11(6-7-12)9-4-3-5-10(8-9)14-2/h3-5,8,11,13H,6H2,1-2H3. The number of hydrogen-bond acceptors (Lipinski definition) is 3. The fraction of sp³-hybridized carbons (Fsp3) is 0.364. The van der Waals surface area contributed by atoms with Crippen LogP contribution in [0.5, 0.6) is 5.75 Å². The molecule has 74 valence electrons. The summed E-state index contributed by atoms with van der Waals surface area (Å²) in [4.78, 5) is 0. The van der Waals surface area contributed by atoms with E-state index in [1.165, 1.54) is 0 Å². The summed E-state index contributed by atoms with van der Waals surface area (Å²) in [5.41, 5.74) is 1.08. The van der Waals surface area contributed by atoms with Crippen molar-refractivity contribution >= 4 is 0 Å². The molecule has 0 saturated heterocycles. The first kappa shape index (κ1) is 10.6. The molecule has 3 heteroatoms. The van der Waals surface area contributed by atoms with Gasteiger partial charge in [-0.2, -0.15) is 5.26 Å². The highest BCUT2D eigenvalue weighted by Gasteiger charge is 2.08. The SMILES string of the molecule is CNC(CC#N)c1cccc(OC)c1. The molecule has 3 nitrogen and oxygen atoms in total. The fourth-order valence-electron chi connectivity index (χ4n) is 1.34. The van der Waals surface area contributed by atoms with Crippen molar-refractivity contribution < 1.29 is 4.74 Å². The Morgan fingerprint density at radius 1 is 1.57 bits per heavy atom. The summed E-state index contributed by atoms with van der Waals surface area (Å²) in [5.74, 6) is 0.820. The minimum absolute atomic E-state index is 0.0788. The van der Waals surface area contributed by atoms with Gasteiger partial charge in [0.25, 0.3) is 0 Å². The number of nitrogens with zero attached hydrogens (tertiary/aromatic N) is 1. The molecule has 1 unspecified atom stereocenters. The monoisotopic (exact) mass is 190 g/mol. The summed E-state index contributed by atoms with van der Waals surface area (Å²) in [7, 11) is 3.49. The first-order valence-electron chi connectivity index (χ1n) is 4.50. The third-order valence-electron chi connectivity index (χ3n) is 2.14. The molecule has 0 aliphatic carbocycles. The van der Waals surface area contributed by atoms with Crippen LogP contribution in [0.4, 0.5) is 0 Å². The topological polar surface area (TPSA) is 45.0 Å². The molecule has 1 rings (SSSR count). The lowest BCUT2D eigenvalue weighted by Gasteiger charge is -2.13. The summed E-state index contributed by atoms with van der Waals surface area (Å²) in [6.07, 6.45) is 0.462. The van der Waals surface area contributed by atoms with Gasteiger partial charge in [0.15, 0.2) is 0 Å². The van der Waals surface area contributed by atoms with E-state index in [-0.39, 0.29) is 6.04 Å². The van der Waals surface area contributed by atoms with Crippen LogP contribution in [0, 0.1) is 11.3 Å². The number of nitrogens with one attached hydrogen (secondary N) is 1. The minimum Gasteiger partial charge on any atom is -0.497 e. The molecule has 0 radical (unpaired) electrons. The molecular weight excluding hydrogens is 176 g/mol. The van der Waals surface area contributed by atoms with Gasteiger partial charge in [0.05, 0.1) is 19.6 Å². The predicted molar refractivity (Wildman–Crippen MR) is 55.0 cm³/mol. The van der Waals surface area contributed by atoms with E-state index in [9.17, 15) is 0 Å². The highest BCUT2D eigenvalue weighted by molar-refractivity contribution is 5.30. The van der Waals surface area contributed by atoms with Crippen molar-refractivity contribution in [2.75, 3.05) is 14.2 Å². The van der Waals surface area contributed by atoms with E-state index < -0.39 is 0 Å². The van der Waals surface area contributed by atoms with Crippen molar-refractivity contribution in [2.24, 2.45) is 0 Å². The van der Waals surface area contributed by atoms with Crippen LogP contribution in [0.25, 0.3) is 0 Å². The van der Waals surface area contributed by atoms with Gasteiger partial charge in [-0.25, -0.2) is 0 Å². The summed E-state index contributed by atoms with van der Waals surface area (Å²) in [5, 5.41) is 11.7. The third-order valence-corrected chi connectivity index (χ3v) is 2.14. The van der Waals surface area contributed by atoms with Gasteiger partial charge < -0.3 is 10.1 Å². The predicted octanol–water partition coefficient (Wildman–Crippen LogP) is 1.87. The normalized spacial score (nSPS) is 11.8. The van der Waals surface area contributed by atoms with Crippen LogP contribution >= 0.6 is 0 Å². The second-order valence-electron chi connectivity index (χ2n) is 2.98. The van der Waals surface area contributed by atoms with Crippen LogP contribution in [0.2, 0.25) is 0 Å². The van der Waals surface area contributed by atoms with Crippen LogP contribution in [-0.4, -0.2) is 14.2 Å². The van der Waals surface area contributed by atoms with Crippen LogP contribution < -0.4 is 10.1 Å². The van der Waals surface area contributed by atoms with Crippen molar-refractivity contribution in [3.8, 4) is 11.8 Å². The van der Waals surface area contributed by atoms with Crippen LogP contribution in [0.1, 0.15) is 18.0 Å². The summed E-state index contributed by atoms with van der Waals surface area (Å²) >= 11 is 0. The Bertz CT molecular complexity index is 330. The maximum Gasteiger partial charge on any atom is 0.119 e. The van der Waals surface area contributed by atoms with Gasteiger partial charge in [-0.15, -0.1) is 0 Å². The average molecular weight is 190 g/mol. The molecule has 1 aromatic rings. The van der Waals surface area contributed by atoms with Gasteiger partial charge in [0.2, 0.25) is 0 Å². The van der Waals surface area contributed by atoms with Crippen LogP contribution in [-0.2, 0) is 0 Å². The average Bonchev–Trinajstić information content (AvgIpc) is 2.26. The number of ether oxygens (including phenoxy) is 1. The Morgan fingerprint density at radius 2 is 2.36 bits per heavy atom. The zero-order valence-electron chi connectivity index (χ0n) is 8.45. The molecule has 0 fully saturated rings. The largest absolute Gasteiger partial charge is 0.497 e. The molecule has 0 aliphatic rings. The number of nitriles is 1.